The number of nitrogens with zero attached hydrogens (tertiary/aromatic N) is 1. The summed E-state index contributed by atoms with van der Waals surface area (Å²) in [5.74, 6) is -1.28. The van der Waals surface area contributed by atoms with E-state index in [0.717, 1.165) is 12.1 Å². The van der Waals surface area contributed by atoms with Crippen LogP contribution in [0.3, 0.4) is 0 Å². The van der Waals surface area contributed by atoms with Gasteiger partial charge in [-0.15, -0.1) is 0 Å². The molecule has 2 rings (SSSR count). The second-order valence-corrected chi connectivity index (χ2v) is 7.55. The first-order chi connectivity index (χ1) is 13.3. The number of carbonyl (C=O) groups is 2. The van der Waals surface area contributed by atoms with E-state index < -0.39 is 35.4 Å². The standard InChI is InChI=1S/C20H25F3N2O4/c1-5-28-18(27)15-11-12-13(20(21,22)23)7-6-8-14(12)25(15)16(24)9-10-17(26)29-19(2,3)4/h6-8,11,16H,5,9-10,24H2,1-4H3. The van der Waals surface area contributed by atoms with Crippen LogP contribution in [0.1, 0.15) is 62.8 Å². The van der Waals surface area contributed by atoms with E-state index in [2.05, 4.69) is 0 Å². The Morgan fingerprint density at radius 3 is 2.41 bits per heavy atom. The highest BCUT2D eigenvalue weighted by atomic mass is 19.4. The Morgan fingerprint density at radius 1 is 1.21 bits per heavy atom. The Bertz CT molecular complexity index is 897. The predicted molar refractivity (Wildman–Crippen MR) is 101 cm³/mol. The van der Waals surface area contributed by atoms with E-state index in [-0.39, 0.29) is 36.0 Å². The molecule has 9 heteroatoms. The molecule has 6 nitrogen and oxygen atoms in total. The van der Waals surface area contributed by atoms with Crippen molar-refractivity contribution in [3.63, 3.8) is 0 Å². The summed E-state index contributed by atoms with van der Waals surface area (Å²) in [5.41, 5.74) is 4.67. The second-order valence-electron chi connectivity index (χ2n) is 7.55. The van der Waals surface area contributed by atoms with E-state index >= 15 is 0 Å². The van der Waals surface area contributed by atoms with Crippen molar-refractivity contribution in [1.29, 1.82) is 0 Å². The lowest BCUT2D eigenvalue weighted by Crippen LogP contribution is -2.27. The van der Waals surface area contributed by atoms with Crippen LogP contribution in [0, 0.1) is 0 Å². The number of rotatable bonds is 6. The van der Waals surface area contributed by atoms with Crippen molar-refractivity contribution in [3.05, 3.63) is 35.5 Å². The summed E-state index contributed by atoms with van der Waals surface area (Å²) >= 11 is 0. The third kappa shape index (κ3) is 5.50. The molecule has 0 amide bonds. The van der Waals surface area contributed by atoms with Crippen LogP contribution in [0.2, 0.25) is 0 Å². The first-order valence-corrected chi connectivity index (χ1v) is 9.21. The number of halogens is 3. The normalized spacial score (nSPS) is 13.4. The Morgan fingerprint density at radius 2 is 1.86 bits per heavy atom. The van der Waals surface area contributed by atoms with E-state index in [9.17, 15) is 22.8 Å². The summed E-state index contributed by atoms with van der Waals surface area (Å²) < 4.78 is 51.7. The molecule has 0 aliphatic carbocycles. The molecule has 0 bridgehead atoms. The number of nitrogens with two attached hydrogens (primary N) is 1. The number of hydrogen-bond acceptors (Lipinski definition) is 5. The lowest BCUT2D eigenvalue weighted by atomic mass is 10.1. The van der Waals surface area contributed by atoms with Crippen LogP contribution in [0.15, 0.2) is 24.3 Å². The smallest absolute Gasteiger partial charge is 0.417 e. The molecule has 0 saturated heterocycles. The van der Waals surface area contributed by atoms with Crippen LogP contribution in [-0.2, 0) is 20.4 Å². The Balaban J connectivity index is 2.45. The van der Waals surface area contributed by atoms with E-state index in [0.29, 0.717) is 0 Å². The van der Waals surface area contributed by atoms with Gasteiger partial charge in [0.2, 0.25) is 0 Å². The summed E-state index contributed by atoms with van der Waals surface area (Å²) in [6.07, 6.45) is -5.51. The van der Waals surface area contributed by atoms with Crippen LogP contribution in [0.5, 0.6) is 0 Å². The lowest BCUT2D eigenvalue weighted by Gasteiger charge is -2.21. The lowest BCUT2D eigenvalue weighted by molar-refractivity contribution is -0.155. The van der Waals surface area contributed by atoms with Gasteiger partial charge in [0.1, 0.15) is 11.3 Å². The third-order valence-corrected chi connectivity index (χ3v) is 4.07. The first kappa shape index (κ1) is 22.7. The van der Waals surface area contributed by atoms with Crippen molar-refractivity contribution < 1.29 is 32.2 Å². The van der Waals surface area contributed by atoms with Gasteiger partial charge in [-0.2, -0.15) is 13.2 Å². The molecule has 2 aromatic rings. The van der Waals surface area contributed by atoms with Crippen LogP contribution in [-0.4, -0.2) is 28.7 Å². The zero-order valence-corrected chi connectivity index (χ0v) is 16.8. The minimum absolute atomic E-state index is 0.0552. The molecule has 0 saturated carbocycles. The number of carbonyl (C=O) groups excluding carboxylic acids is 2. The maximum absolute atomic E-state index is 13.4. The van der Waals surface area contributed by atoms with Crippen LogP contribution < -0.4 is 5.73 Å². The summed E-state index contributed by atoms with van der Waals surface area (Å²) in [6, 6.07) is 4.76. The van der Waals surface area contributed by atoms with Crippen LogP contribution >= 0.6 is 0 Å². The average molecular weight is 414 g/mol. The van der Waals surface area contributed by atoms with Crippen molar-refractivity contribution in [2.24, 2.45) is 5.73 Å². The first-order valence-electron chi connectivity index (χ1n) is 9.21. The molecule has 29 heavy (non-hydrogen) atoms. The van der Waals surface area contributed by atoms with Gasteiger partial charge in [-0.1, -0.05) is 6.07 Å². The Labute approximate surface area is 166 Å². The summed E-state index contributed by atoms with van der Waals surface area (Å²) in [6.45, 7) is 6.82. The van der Waals surface area contributed by atoms with E-state index in [1.54, 1.807) is 27.7 Å². The largest absolute Gasteiger partial charge is 0.461 e. The fourth-order valence-electron chi connectivity index (χ4n) is 3.00. The van der Waals surface area contributed by atoms with E-state index in [4.69, 9.17) is 15.2 Å². The van der Waals surface area contributed by atoms with Gasteiger partial charge in [-0.25, -0.2) is 4.79 Å². The number of esters is 2. The molecule has 1 aromatic heterocycles. The van der Waals surface area contributed by atoms with E-state index in [1.807, 2.05) is 0 Å². The monoisotopic (exact) mass is 414 g/mol. The van der Waals surface area contributed by atoms with Gasteiger partial charge in [-0.05, 0) is 52.3 Å². The van der Waals surface area contributed by atoms with Crippen LogP contribution in [0.4, 0.5) is 13.2 Å². The predicted octanol–water partition coefficient (Wildman–Crippen LogP) is 4.42. The van der Waals surface area contributed by atoms with Crippen molar-refractivity contribution in [2.45, 2.75) is 58.5 Å². The van der Waals surface area contributed by atoms with Gasteiger partial charge in [0, 0.05) is 11.8 Å². The Kier molecular flexibility index (Phi) is 6.62. The maximum Gasteiger partial charge on any atom is 0.417 e. The molecule has 0 spiro atoms. The quantitative estimate of drug-likeness (QED) is 0.708. The summed E-state index contributed by atoms with van der Waals surface area (Å²) in [5, 5.41) is -0.157. The third-order valence-electron chi connectivity index (χ3n) is 4.07. The summed E-state index contributed by atoms with van der Waals surface area (Å²) in [4.78, 5) is 24.3. The molecule has 0 aliphatic rings. The maximum atomic E-state index is 13.4. The number of benzene rings is 1. The minimum Gasteiger partial charge on any atom is -0.461 e. The topological polar surface area (TPSA) is 83.5 Å². The van der Waals surface area contributed by atoms with Gasteiger partial charge < -0.3 is 19.8 Å². The number of aromatic nitrogens is 1. The zero-order chi connectivity index (χ0) is 22.0. The average Bonchev–Trinajstić information content (AvgIpc) is 2.97. The van der Waals surface area contributed by atoms with Gasteiger partial charge in [0.15, 0.2) is 0 Å². The SMILES string of the molecule is CCOC(=O)c1cc2c(C(F)(F)F)cccc2n1C(N)CCC(=O)OC(C)(C)C. The number of alkyl halides is 3. The zero-order valence-electron chi connectivity index (χ0n) is 16.8. The van der Waals surface area contributed by atoms with Crippen molar-refractivity contribution >= 4 is 22.8 Å². The van der Waals surface area contributed by atoms with Crippen molar-refractivity contribution in [1.82, 2.24) is 4.57 Å². The Hall–Kier alpha value is -2.55. The molecule has 2 N–H and O–H groups in total. The molecular formula is C20H25F3N2O4. The molecule has 0 fully saturated rings. The highest BCUT2D eigenvalue weighted by Gasteiger charge is 2.34. The molecule has 160 valence electrons. The molecule has 1 aromatic carbocycles. The fraction of sp³-hybridized carbons (Fsp3) is 0.500. The summed E-state index contributed by atoms with van der Waals surface area (Å²) in [7, 11) is 0. The van der Waals surface area contributed by atoms with Gasteiger partial charge in [0.05, 0.1) is 23.9 Å². The molecule has 1 atom stereocenters. The van der Waals surface area contributed by atoms with E-state index in [1.165, 1.54) is 16.7 Å². The van der Waals surface area contributed by atoms with Crippen LogP contribution in [0.25, 0.3) is 10.9 Å². The van der Waals surface area contributed by atoms with Gasteiger partial charge >= 0.3 is 18.1 Å². The molecule has 1 heterocycles. The molecule has 1 unspecified atom stereocenters. The fourth-order valence-corrected chi connectivity index (χ4v) is 3.00. The number of hydrogen-bond donors (Lipinski definition) is 1. The number of fused-ring (bicyclic) bond motifs is 1. The highest BCUT2D eigenvalue weighted by molar-refractivity contribution is 5.97. The molecule has 0 aliphatic heterocycles. The molecule has 0 radical (unpaired) electrons. The number of ether oxygens (including phenoxy) is 2. The second kappa shape index (κ2) is 8.44. The van der Waals surface area contributed by atoms with Gasteiger partial charge in [0.25, 0.3) is 0 Å². The van der Waals surface area contributed by atoms with Crippen molar-refractivity contribution in [3.8, 4) is 0 Å². The van der Waals surface area contributed by atoms with Crippen molar-refractivity contribution in [2.75, 3.05) is 6.61 Å². The highest BCUT2D eigenvalue weighted by Crippen LogP contribution is 2.37. The van der Waals surface area contributed by atoms with Gasteiger partial charge in [-0.3, -0.25) is 4.79 Å². The molecular weight excluding hydrogens is 389 g/mol. The minimum atomic E-state index is -4.60.